The maximum absolute atomic E-state index is 8.36. The average Bonchev–Trinajstić information content (AvgIpc) is 2.32. The molecule has 0 aromatic heterocycles. The van der Waals surface area contributed by atoms with E-state index in [0.717, 1.165) is 0 Å². The molecule has 0 aliphatic carbocycles. The average molecular weight is 200 g/mol. The fraction of sp³-hybridized carbons (Fsp3) is 0. The molecule has 0 saturated heterocycles. The number of carboxylic acid groups (broad SMARTS) is 1. The molecule has 0 unspecified atom stereocenters. The van der Waals surface area contributed by atoms with Crippen LogP contribution in [-0.2, 0) is 4.79 Å². The Morgan fingerprint density at radius 1 is 0.733 bits per heavy atom. The Morgan fingerprint density at radius 2 is 1.00 bits per heavy atom. The van der Waals surface area contributed by atoms with E-state index in [1.165, 1.54) is 11.1 Å². The molecule has 0 saturated carbocycles. The normalized spacial score (nSPS) is 8.53. The molecule has 2 aromatic carbocycles. The SMILES string of the molecule is O=CO.c1ccc(-c2ccccc2)cc1. The second-order valence-corrected chi connectivity index (χ2v) is 2.84. The van der Waals surface area contributed by atoms with E-state index in [2.05, 4.69) is 48.5 Å². The molecule has 0 fully saturated rings. The maximum atomic E-state index is 8.36. The van der Waals surface area contributed by atoms with Crippen LogP contribution in [0.2, 0.25) is 0 Å². The van der Waals surface area contributed by atoms with Crippen molar-refractivity contribution in [3.63, 3.8) is 0 Å². The number of hydrogen-bond acceptors (Lipinski definition) is 1. The van der Waals surface area contributed by atoms with Gasteiger partial charge in [-0.3, -0.25) is 4.79 Å². The summed E-state index contributed by atoms with van der Waals surface area (Å²) in [6.45, 7) is -0.250. The van der Waals surface area contributed by atoms with E-state index < -0.39 is 0 Å². The minimum absolute atomic E-state index is 0.250. The molecule has 0 aliphatic rings. The summed E-state index contributed by atoms with van der Waals surface area (Å²) in [5, 5.41) is 6.89. The summed E-state index contributed by atoms with van der Waals surface area (Å²) in [6.07, 6.45) is 0. The monoisotopic (exact) mass is 200 g/mol. The van der Waals surface area contributed by atoms with Crippen molar-refractivity contribution in [2.45, 2.75) is 0 Å². The zero-order chi connectivity index (χ0) is 10.9. The quantitative estimate of drug-likeness (QED) is 0.718. The summed E-state index contributed by atoms with van der Waals surface area (Å²) in [7, 11) is 0. The van der Waals surface area contributed by atoms with Crippen molar-refractivity contribution < 1.29 is 9.90 Å². The van der Waals surface area contributed by atoms with Gasteiger partial charge in [-0.2, -0.15) is 0 Å². The largest absolute Gasteiger partial charge is 0.483 e. The Kier molecular flexibility index (Phi) is 4.67. The molecule has 2 nitrogen and oxygen atoms in total. The number of benzene rings is 2. The number of carbonyl (C=O) groups is 1. The lowest BCUT2D eigenvalue weighted by atomic mass is 10.1. The van der Waals surface area contributed by atoms with Crippen LogP contribution in [0.15, 0.2) is 60.7 Å². The van der Waals surface area contributed by atoms with E-state index in [1.54, 1.807) is 0 Å². The maximum Gasteiger partial charge on any atom is 0.290 e. The molecular weight excluding hydrogens is 188 g/mol. The fourth-order valence-corrected chi connectivity index (χ4v) is 1.26. The van der Waals surface area contributed by atoms with E-state index in [9.17, 15) is 0 Å². The highest BCUT2D eigenvalue weighted by Gasteiger charge is 1.91. The van der Waals surface area contributed by atoms with Gasteiger partial charge in [0.25, 0.3) is 6.47 Å². The van der Waals surface area contributed by atoms with Crippen LogP contribution in [0.4, 0.5) is 0 Å². The predicted octanol–water partition coefficient (Wildman–Crippen LogP) is 3.05. The summed E-state index contributed by atoms with van der Waals surface area (Å²) in [4.78, 5) is 8.36. The van der Waals surface area contributed by atoms with Gasteiger partial charge in [0.15, 0.2) is 0 Å². The summed E-state index contributed by atoms with van der Waals surface area (Å²) < 4.78 is 0. The molecule has 0 bridgehead atoms. The van der Waals surface area contributed by atoms with E-state index in [4.69, 9.17) is 9.90 Å². The van der Waals surface area contributed by atoms with Gasteiger partial charge in [-0.1, -0.05) is 60.7 Å². The van der Waals surface area contributed by atoms with Crippen molar-refractivity contribution in [2.24, 2.45) is 0 Å². The highest BCUT2D eigenvalue weighted by molar-refractivity contribution is 5.62. The molecule has 15 heavy (non-hydrogen) atoms. The van der Waals surface area contributed by atoms with Crippen molar-refractivity contribution in [3.8, 4) is 11.1 Å². The third kappa shape index (κ3) is 3.65. The van der Waals surface area contributed by atoms with E-state index in [-0.39, 0.29) is 6.47 Å². The fourth-order valence-electron chi connectivity index (χ4n) is 1.26. The summed E-state index contributed by atoms with van der Waals surface area (Å²) in [5.41, 5.74) is 2.55. The van der Waals surface area contributed by atoms with Crippen molar-refractivity contribution in [1.82, 2.24) is 0 Å². The van der Waals surface area contributed by atoms with Crippen LogP contribution in [-0.4, -0.2) is 11.6 Å². The van der Waals surface area contributed by atoms with Crippen molar-refractivity contribution in [2.75, 3.05) is 0 Å². The third-order valence-corrected chi connectivity index (χ3v) is 1.88. The van der Waals surface area contributed by atoms with Gasteiger partial charge >= 0.3 is 0 Å². The third-order valence-electron chi connectivity index (χ3n) is 1.88. The zero-order valence-electron chi connectivity index (χ0n) is 8.21. The van der Waals surface area contributed by atoms with Gasteiger partial charge in [0.2, 0.25) is 0 Å². The second-order valence-electron chi connectivity index (χ2n) is 2.84. The van der Waals surface area contributed by atoms with Gasteiger partial charge in [0.1, 0.15) is 0 Å². The minimum Gasteiger partial charge on any atom is -0.483 e. The lowest BCUT2D eigenvalue weighted by Gasteiger charge is -1.98. The summed E-state index contributed by atoms with van der Waals surface area (Å²) >= 11 is 0. The van der Waals surface area contributed by atoms with Gasteiger partial charge in [-0.05, 0) is 11.1 Å². The first kappa shape index (κ1) is 11.0. The molecule has 0 spiro atoms. The zero-order valence-corrected chi connectivity index (χ0v) is 8.21. The first-order valence-electron chi connectivity index (χ1n) is 4.57. The molecule has 2 aromatic rings. The molecular formula is C13H12O2. The van der Waals surface area contributed by atoms with Gasteiger partial charge in [-0.15, -0.1) is 0 Å². The van der Waals surface area contributed by atoms with Crippen LogP contribution in [0, 0.1) is 0 Å². The lowest BCUT2D eigenvalue weighted by molar-refractivity contribution is -0.122. The Labute approximate surface area is 88.8 Å². The van der Waals surface area contributed by atoms with Crippen LogP contribution >= 0.6 is 0 Å². The van der Waals surface area contributed by atoms with Gasteiger partial charge in [-0.25, -0.2) is 0 Å². The van der Waals surface area contributed by atoms with Gasteiger partial charge in [0, 0.05) is 0 Å². The van der Waals surface area contributed by atoms with E-state index in [1.807, 2.05) is 12.1 Å². The summed E-state index contributed by atoms with van der Waals surface area (Å²) in [6, 6.07) is 20.8. The minimum atomic E-state index is -0.250. The molecule has 0 aliphatic heterocycles. The molecule has 76 valence electrons. The van der Waals surface area contributed by atoms with Crippen LogP contribution < -0.4 is 0 Å². The van der Waals surface area contributed by atoms with Crippen LogP contribution in [0.5, 0.6) is 0 Å². The van der Waals surface area contributed by atoms with Crippen molar-refractivity contribution in [1.29, 1.82) is 0 Å². The molecule has 0 heterocycles. The summed E-state index contributed by atoms with van der Waals surface area (Å²) in [5.74, 6) is 0. The van der Waals surface area contributed by atoms with Crippen LogP contribution in [0.1, 0.15) is 0 Å². The smallest absolute Gasteiger partial charge is 0.290 e. The van der Waals surface area contributed by atoms with E-state index in [0.29, 0.717) is 0 Å². The number of hydrogen-bond donors (Lipinski definition) is 1. The molecule has 2 rings (SSSR count). The number of rotatable bonds is 1. The van der Waals surface area contributed by atoms with Crippen molar-refractivity contribution >= 4 is 6.47 Å². The van der Waals surface area contributed by atoms with E-state index >= 15 is 0 Å². The van der Waals surface area contributed by atoms with Crippen LogP contribution in [0.25, 0.3) is 11.1 Å². The standard InChI is InChI=1S/C12H10.CH2O2/c1-3-7-11(8-4-1)12-9-5-2-6-10-12;2-1-3/h1-10H;1H,(H,2,3). The Morgan fingerprint density at radius 3 is 1.27 bits per heavy atom. The first-order chi connectivity index (χ1) is 7.38. The van der Waals surface area contributed by atoms with Gasteiger partial charge in [0.05, 0.1) is 0 Å². The molecule has 0 radical (unpaired) electrons. The second kappa shape index (κ2) is 6.38. The molecule has 1 N–H and O–H groups in total. The van der Waals surface area contributed by atoms with Crippen molar-refractivity contribution in [3.05, 3.63) is 60.7 Å². The van der Waals surface area contributed by atoms with Gasteiger partial charge < -0.3 is 5.11 Å². The molecule has 0 amide bonds. The Hall–Kier alpha value is -2.09. The Balaban J connectivity index is 0.000000337. The first-order valence-corrected chi connectivity index (χ1v) is 4.57. The van der Waals surface area contributed by atoms with Crippen LogP contribution in [0.3, 0.4) is 0 Å². The lowest BCUT2D eigenvalue weighted by Crippen LogP contribution is -1.73. The highest BCUT2D eigenvalue weighted by Crippen LogP contribution is 2.17. The highest BCUT2D eigenvalue weighted by atomic mass is 16.3. The molecule has 2 heteroatoms. The Bertz CT molecular complexity index is 344. The molecule has 0 atom stereocenters. The topological polar surface area (TPSA) is 37.3 Å². The predicted molar refractivity (Wildman–Crippen MR) is 60.6 cm³/mol.